The normalized spacial score (nSPS) is 12.7. The van der Waals surface area contributed by atoms with Crippen molar-refractivity contribution >= 4 is 34.6 Å². The third-order valence-corrected chi connectivity index (χ3v) is 3.37. The Hall–Kier alpha value is -2.40. The first-order valence-corrected chi connectivity index (χ1v) is 6.63. The molecule has 0 saturated carbocycles. The molecule has 1 heterocycles. The summed E-state index contributed by atoms with van der Waals surface area (Å²) in [5.74, 6) is -0.114. The molecule has 0 atom stereocenters. The van der Waals surface area contributed by atoms with Crippen molar-refractivity contribution < 1.29 is 4.79 Å². The minimum atomic E-state index is -0.114. The van der Waals surface area contributed by atoms with E-state index in [-0.39, 0.29) is 11.0 Å². The molecule has 2 aromatic carbocycles. The first-order valence-electron chi connectivity index (χ1n) is 6.22. The molecule has 4 N–H and O–H groups in total. The first-order chi connectivity index (χ1) is 9.63. The number of benzene rings is 2. The molecule has 1 amide bonds. The molecule has 5 heteroatoms. The lowest BCUT2D eigenvalue weighted by molar-refractivity contribution is 0.102. The van der Waals surface area contributed by atoms with Crippen molar-refractivity contribution in [2.24, 2.45) is 5.73 Å². The van der Waals surface area contributed by atoms with Crippen LogP contribution >= 0.6 is 12.2 Å². The maximum atomic E-state index is 12.3. The van der Waals surface area contributed by atoms with E-state index in [9.17, 15) is 4.79 Å². The molecule has 0 aromatic heterocycles. The van der Waals surface area contributed by atoms with E-state index in [0.29, 0.717) is 5.56 Å². The third-order valence-electron chi connectivity index (χ3n) is 3.27. The SMILES string of the molecule is NC(=S)Nc1ccc2c(c1)C(=O)Nc1ccccc1C2. The molecule has 100 valence electrons. The monoisotopic (exact) mass is 283 g/mol. The van der Waals surface area contributed by atoms with Crippen LogP contribution < -0.4 is 16.4 Å². The number of thiocarbonyl (C=S) groups is 1. The fourth-order valence-electron chi connectivity index (χ4n) is 2.35. The van der Waals surface area contributed by atoms with Gasteiger partial charge in [0.05, 0.1) is 0 Å². The van der Waals surface area contributed by atoms with Gasteiger partial charge in [0, 0.05) is 23.4 Å². The van der Waals surface area contributed by atoms with Crippen LogP contribution in [-0.4, -0.2) is 11.0 Å². The lowest BCUT2D eigenvalue weighted by atomic mass is 10.00. The maximum absolute atomic E-state index is 12.3. The molecule has 1 aliphatic rings. The highest BCUT2D eigenvalue weighted by Crippen LogP contribution is 2.27. The van der Waals surface area contributed by atoms with Crippen LogP contribution in [0.3, 0.4) is 0 Å². The van der Waals surface area contributed by atoms with Gasteiger partial charge in [0.25, 0.3) is 5.91 Å². The van der Waals surface area contributed by atoms with Crippen LogP contribution in [0.5, 0.6) is 0 Å². The summed E-state index contributed by atoms with van der Waals surface area (Å²) in [4.78, 5) is 12.3. The summed E-state index contributed by atoms with van der Waals surface area (Å²) in [5, 5.41) is 5.96. The van der Waals surface area contributed by atoms with E-state index in [1.807, 2.05) is 36.4 Å². The standard InChI is InChI=1S/C15H13N3OS/c16-15(20)17-11-6-5-9-7-10-3-1-2-4-13(10)18-14(19)12(9)8-11/h1-6,8H,7H2,(H,18,19)(H3,16,17,20). The molecule has 4 nitrogen and oxygen atoms in total. The molecule has 0 fully saturated rings. The number of carbonyl (C=O) groups excluding carboxylic acids is 1. The van der Waals surface area contributed by atoms with Crippen molar-refractivity contribution in [3.63, 3.8) is 0 Å². The number of para-hydroxylation sites is 1. The lowest BCUT2D eigenvalue weighted by Gasteiger charge is -2.09. The molecule has 0 saturated heterocycles. The molecule has 20 heavy (non-hydrogen) atoms. The van der Waals surface area contributed by atoms with Crippen molar-refractivity contribution in [1.29, 1.82) is 0 Å². The van der Waals surface area contributed by atoms with Gasteiger partial charge in [-0.05, 0) is 41.5 Å². The van der Waals surface area contributed by atoms with Gasteiger partial charge in [0.2, 0.25) is 0 Å². The van der Waals surface area contributed by atoms with E-state index in [1.165, 1.54) is 0 Å². The molecule has 0 bridgehead atoms. The van der Waals surface area contributed by atoms with E-state index in [1.54, 1.807) is 6.07 Å². The molecular weight excluding hydrogens is 270 g/mol. The summed E-state index contributed by atoms with van der Waals surface area (Å²) in [6.45, 7) is 0. The number of nitrogens with one attached hydrogen (secondary N) is 2. The van der Waals surface area contributed by atoms with Gasteiger partial charge in [-0.25, -0.2) is 0 Å². The number of nitrogens with two attached hydrogens (primary N) is 1. The molecule has 1 aliphatic heterocycles. The van der Waals surface area contributed by atoms with Gasteiger partial charge in [-0.1, -0.05) is 24.3 Å². The largest absolute Gasteiger partial charge is 0.376 e. The Morgan fingerprint density at radius 1 is 1.20 bits per heavy atom. The highest BCUT2D eigenvalue weighted by Gasteiger charge is 2.19. The number of fused-ring (bicyclic) bond motifs is 2. The van der Waals surface area contributed by atoms with Crippen molar-refractivity contribution in [3.8, 4) is 0 Å². The van der Waals surface area contributed by atoms with Gasteiger partial charge in [-0.15, -0.1) is 0 Å². The topological polar surface area (TPSA) is 67.1 Å². The highest BCUT2D eigenvalue weighted by atomic mass is 32.1. The number of hydrogen-bond acceptors (Lipinski definition) is 2. The Morgan fingerprint density at radius 3 is 2.80 bits per heavy atom. The average Bonchev–Trinajstić information content (AvgIpc) is 2.54. The molecule has 0 unspecified atom stereocenters. The minimum Gasteiger partial charge on any atom is -0.376 e. The zero-order valence-corrected chi connectivity index (χ0v) is 11.5. The van der Waals surface area contributed by atoms with Crippen LogP contribution in [0.4, 0.5) is 11.4 Å². The highest BCUT2D eigenvalue weighted by molar-refractivity contribution is 7.80. The Labute approximate surface area is 122 Å². The van der Waals surface area contributed by atoms with Gasteiger partial charge in [-0.2, -0.15) is 0 Å². The Kier molecular flexibility index (Phi) is 3.12. The second-order valence-electron chi connectivity index (χ2n) is 4.65. The molecular formula is C15H13N3OS. The van der Waals surface area contributed by atoms with Crippen molar-refractivity contribution in [3.05, 3.63) is 59.2 Å². The summed E-state index contributed by atoms with van der Waals surface area (Å²) < 4.78 is 0. The third kappa shape index (κ3) is 2.35. The minimum absolute atomic E-state index is 0.114. The van der Waals surface area contributed by atoms with E-state index >= 15 is 0 Å². The molecule has 3 rings (SSSR count). The number of hydrogen-bond donors (Lipinski definition) is 3. The van der Waals surface area contributed by atoms with Gasteiger partial charge in [0.15, 0.2) is 5.11 Å². The predicted molar refractivity (Wildman–Crippen MR) is 84.1 cm³/mol. The average molecular weight is 283 g/mol. The van der Waals surface area contributed by atoms with E-state index in [2.05, 4.69) is 10.6 Å². The molecule has 0 aliphatic carbocycles. The fourth-order valence-corrected chi connectivity index (χ4v) is 2.47. The van der Waals surface area contributed by atoms with Crippen LogP contribution in [0.25, 0.3) is 0 Å². The predicted octanol–water partition coefficient (Wildman–Crippen LogP) is 2.50. The fraction of sp³-hybridized carbons (Fsp3) is 0.0667. The van der Waals surface area contributed by atoms with Crippen molar-refractivity contribution in [2.75, 3.05) is 10.6 Å². The molecule has 0 spiro atoms. The summed E-state index contributed by atoms with van der Waals surface area (Å²) >= 11 is 4.81. The number of rotatable bonds is 1. The summed E-state index contributed by atoms with van der Waals surface area (Å²) in [6.07, 6.45) is 0.720. The Morgan fingerprint density at radius 2 is 2.00 bits per heavy atom. The van der Waals surface area contributed by atoms with Gasteiger partial charge >= 0.3 is 0 Å². The Balaban J connectivity index is 2.04. The summed E-state index contributed by atoms with van der Waals surface area (Å²) in [7, 11) is 0. The molecule has 0 radical (unpaired) electrons. The van der Waals surface area contributed by atoms with Crippen molar-refractivity contribution in [1.82, 2.24) is 0 Å². The van der Waals surface area contributed by atoms with Crippen molar-refractivity contribution in [2.45, 2.75) is 6.42 Å². The maximum Gasteiger partial charge on any atom is 0.256 e. The first kappa shape index (κ1) is 12.6. The van der Waals surface area contributed by atoms with Crippen LogP contribution in [0.2, 0.25) is 0 Å². The van der Waals surface area contributed by atoms with Gasteiger partial charge in [0.1, 0.15) is 0 Å². The van der Waals surface area contributed by atoms with Gasteiger partial charge < -0.3 is 16.4 Å². The van der Waals surface area contributed by atoms with Crippen LogP contribution in [0.1, 0.15) is 21.5 Å². The van der Waals surface area contributed by atoms with Gasteiger partial charge in [-0.3, -0.25) is 4.79 Å². The van der Waals surface area contributed by atoms with Crippen LogP contribution in [-0.2, 0) is 6.42 Å². The summed E-state index contributed by atoms with van der Waals surface area (Å²) in [5.41, 5.74) is 9.77. The second kappa shape index (κ2) is 4.94. The van der Waals surface area contributed by atoms with E-state index in [0.717, 1.165) is 28.9 Å². The quantitative estimate of drug-likeness (QED) is 0.703. The zero-order valence-electron chi connectivity index (χ0n) is 10.6. The second-order valence-corrected chi connectivity index (χ2v) is 5.09. The van der Waals surface area contributed by atoms with Crippen LogP contribution in [0.15, 0.2) is 42.5 Å². The van der Waals surface area contributed by atoms with E-state index < -0.39 is 0 Å². The van der Waals surface area contributed by atoms with E-state index in [4.69, 9.17) is 18.0 Å². The summed E-state index contributed by atoms with van der Waals surface area (Å²) in [6, 6.07) is 13.4. The Bertz CT molecular complexity index is 712. The lowest BCUT2D eigenvalue weighted by Crippen LogP contribution is -2.19. The number of amides is 1. The number of anilines is 2. The smallest absolute Gasteiger partial charge is 0.256 e. The van der Waals surface area contributed by atoms with Crippen LogP contribution in [0, 0.1) is 0 Å². The zero-order chi connectivity index (χ0) is 14.1. The number of carbonyl (C=O) groups is 1. The molecule has 2 aromatic rings.